The summed E-state index contributed by atoms with van der Waals surface area (Å²) >= 11 is 0. The molecule has 2 aliphatic heterocycles. The quantitative estimate of drug-likeness (QED) is 0.403. The van der Waals surface area contributed by atoms with Gasteiger partial charge in [0, 0.05) is 11.8 Å². The third-order valence-electron chi connectivity index (χ3n) is 12.0. The van der Waals surface area contributed by atoms with E-state index in [-0.39, 0.29) is 41.7 Å². The normalized spacial score (nSPS) is 52.2. The van der Waals surface area contributed by atoms with Crippen LogP contribution < -0.4 is 0 Å². The minimum atomic E-state index is -1.19. The summed E-state index contributed by atoms with van der Waals surface area (Å²) < 4.78 is 19.1. The highest BCUT2D eigenvalue weighted by molar-refractivity contribution is 5.90. The summed E-state index contributed by atoms with van der Waals surface area (Å²) in [6, 6.07) is 0. The molecule has 0 aromatic heterocycles. The van der Waals surface area contributed by atoms with Gasteiger partial charge in [0.15, 0.2) is 6.29 Å². The number of allylic oxidation sites excluding steroid dienone is 1. The first kappa shape index (κ1) is 25.1. The van der Waals surface area contributed by atoms with Crippen LogP contribution in [0.5, 0.6) is 0 Å². The zero-order valence-corrected chi connectivity index (χ0v) is 22.8. The van der Waals surface area contributed by atoms with Crippen LogP contribution in [0.3, 0.4) is 0 Å². The molecular formula is C30H44O6. The Morgan fingerprint density at radius 2 is 1.97 bits per heavy atom. The van der Waals surface area contributed by atoms with Crippen LogP contribution in [0, 0.1) is 57.2 Å². The van der Waals surface area contributed by atoms with E-state index in [9.17, 15) is 14.7 Å². The number of carbonyl (C=O) groups is 2. The van der Waals surface area contributed by atoms with E-state index in [4.69, 9.17) is 14.2 Å². The summed E-state index contributed by atoms with van der Waals surface area (Å²) in [5, 5.41) is 11.1. The van der Waals surface area contributed by atoms with E-state index in [1.807, 2.05) is 0 Å². The second kappa shape index (κ2) is 7.89. The van der Waals surface area contributed by atoms with Crippen molar-refractivity contribution in [2.24, 2.45) is 57.2 Å². The third kappa shape index (κ3) is 2.79. The van der Waals surface area contributed by atoms with Gasteiger partial charge in [0.25, 0.3) is 0 Å². The van der Waals surface area contributed by atoms with Gasteiger partial charge >= 0.3 is 5.97 Å². The van der Waals surface area contributed by atoms with Crippen LogP contribution in [-0.2, 0) is 23.8 Å². The number of ether oxygens (including phenoxy) is 3. The summed E-state index contributed by atoms with van der Waals surface area (Å²) in [6.07, 6.45) is 7.21. The average molecular weight is 501 g/mol. The molecule has 11 atom stereocenters. The highest BCUT2D eigenvalue weighted by Gasteiger charge is 2.84. The predicted octanol–water partition coefficient (Wildman–Crippen LogP) is 5.10. The number of rotatable bonds is 6. The molecule has 0 aromatic rings. The van der Waals surface area contributed by atoms with Crippen LogP contribution in [0.15, 0.2) is 11.6 Å². The molecule has 4 unspecified atom stereocenters. The summed E-state index contributed by atoms with van der Waals surface area (Å²) in [5.74, 6) is 0.667. The van der Waals surface area contributed by atoms with Crippen molar-refractivity contribution in [2.75, 3.05) is 13.2 Å². The van der Waals surface area contributed by atoms with Crippen LogP contribution in [0.2, 0.25) is 0 Å². The molecule has 0 aromatic carbocycles. The van der Waals surface area contributed by atoms with Crippen molar-refractivity contribution in [3.63, 3.8) is 0 Å². The van der Waals surface area contributed by atoms with Gasteiger partial charge in [0.2, 0.25) is 0 Å². The van der Waals surface area contributed by atoms with Crippen molar-refractivity contribution < 1.29 is 28.9 Å². The second-order valence-electron chi connectivity index (χ2n) is 14.2. The Bertz CT molecular complexity index is 986. The highest BCUT2D eigenvalue weighted by atomic mass is 16.7. The average Bonchev–Trinajstić information content (AvgIpc) is 3.48. The van der Waals surface area contributed by atoms with Crippen LogP contribution in [0.25, 0.3) is 0 Å². The largest absolute Gasteiger partial charge is 0.481 e. The Kier molecular flexibility index (Phi) is 5.49. The minimum absolute atomic E-state index is 0.0500. The van der Waals surface area contributed by atoms with Crippen molar-refractivity contribution in [1.29, 1.82) is 0 Å². The van der Waals surface area contributed by atoms with Gasteiger partial charge in [-0.05, 0) is 67.1 Å². The van der Waals surface area contributed by atoms with Gasteiger partial charge < -0.3 is 24.1 Å². The first-order chi connectivity index (χ1) is 16.9. The maximum atomic E-state index is 13.6. The fraction of sp³-hybridized carbons (Fsp3) is 0.867. The number of fused-ring (bicyclic) bond motifs is 3. The number of carbonyl (C=O) groups excluding carboxylic acids is 1. The van der Waals surface area contributed by atoms with Crippen LogP contribution in [0.1, 0.15) is 73.6 Å². The molecule has 6 rings (SSSR count). The van der Waals surface area contributed by atoms with Gasteiger partial charge in [-0.1, -0.05) is 52.7 Å². The van der Waals surface area contributed by atoms with E-state index in [0.29, 0.717) is 30.8 Å². The van der Waals surface area contributed by atoms with Gasteiger partial charge in [0.1, 0.15) is 11.7 Å². The van der Waals surface area contributed by atoms with Crippen molar-refractivity contribution in [1.82, 2.24) is 0 Å². The monoisotopic (exact) mass is 500 g/mol. The smallest absolute Gasteiger partial charge is 0.315 e. The van der Waals surface area contributed by atoms with Crippen molar-refractivity contribution in [2.45, 2.75) is 92.1 Å². The molecule has 0 radical (unpaired) electrons. The van der Waals surface area contributed by atoms with Crippen LogP contribution >= 0.6 is 0 Å². The Morgan fingerprint density at radius 3 is 2.64 bits per heavy atom. The number of aliphatic carboxylic acids is 1. The van der Waals surface area contributed by atoms with Crippen LogP contribution in [-0.4, -0.2) is 49.1 Å². The first-order valence-electron chi connectivity index (χ1n) is 14.3. The lowest BCUT2D eigenvalue weighted by molar-refractivity contribution is -0.252. The van der Waals surface area contributed by atoms with E-state index in [1.165, 1.54) is 0 Å². The van der Waals surface area contributed by atoms with Gasteiger partial charge in [-0.3, -0.25) is 4.79 Å². The summed E-state index contributed by atoms with van der Waals surface area (Å²) in [4.78, 5) is 26.8. The van der Waals surface area contributed by atoms with Gasteiger partial charge in [-0.15, -0.1) is 0 Å². The number of carboxylic acids is 1. The molecular weight excluding hydrogens is 456 g/mol. The summed E-state index contributed by atoms with van der Waals surface area (Å²) in [5.41, 5.74) is -1.62. The third-order valence-corrected chi connectivity index (χ3v) is 12.0. The molecule has 6 heteroatoms. The standard InChI is InChI=1S/C30H44O6/c1-16(2)22-9-19-11-28(13-31)21-8-7-17(3)20(21)12-29(19,30(22,28)26(32)33)15-34-24-10-23-25(18(4)36-24)35-14-27(23,5)6/h9,13,16-21,23-25H,7-8,10-12,14-15H2,1-6H3,(H,32,33)/t17-,18-,19?,20-,21-,23+,24-,25-,28?,29?,30?/m1/s1. The molecule has 200 valence electrons. The predicted molar refractivity (Wildman–Crippen MR) is 134 cm³/mol. The van der Waals surface area contributed by atoms with Gasteiger partial charge in [-0.25, -0.2) is 0 Å². The van der Waals surface area contributed by atoms with E-state index in [2.05, 4.69) is 47.6 Å². The molecule has 1 N–H and O–H groups in total. The second-order valence-corrected chi connectivity index (χ2v) is 14.2. The summed E-state index contributed by atoms with van der Waals surface area (Å²) in [7, 11) is 0. The lowest BCUT2D eigenvalue weighted by atomic mass is 9.43. The molecule has 5 fully saturated rings. The maximum absolute atomic E-state index is 13.6. The molecule has 6 nitrogen and oxygen atoms in total. The molecule has 36 heavy (non-hydrogen) atoms. The maximum Gasteiger partial charge on any atom is 0.315 e. The van der Waals surface area contributed by atoms with E-state index in [1.54, 1.807) is 0 Å². The van der Waals surface area contributed by atoms with E-state index in [0.717, 1.165) is 44.1 Å². The molecule has 4 aliphatic carbocycles. The van der Waals surface area contributed by atoms with Crippen molar-refractivity contribution in [3.05, 3.63) is 11.6 Å². The first-order valence-corrected chi connectivity index (χ1v) is 14.3. The van der Waals surface area contributed by atoms with E-state index >= 15 is 0 Å². The number of hydrogen-bond acceptors (Lipinski definition) is 5. The highest BCUT2D eigenvalue weighted by Crippen LogP contribution is 2.82. The lowest BCUT2D eigenvalue weighted by Gasteiger charge is -2.58. The Morgan fingerprint density at radius 1 is 1.22 bits per heavy atom. The number of carboxylic acid groups (broad SMARTS) is 1. The topological polar surface area (TPSA) is 82.1 Å². The van der Waals surface area contributed by atoms with E-state index < -0.39 is 22.2 Å². The van der Waals surface area contributed by atoms with Crippen LogP contribution in [0.4, 0.5) is 0 Å². The fourth-order valence-electron chi connectivity index (χ4n) is 10.5. The molecule has 6 aliphatic rings. The molecule has 2 saturated heterocycles. The zero-order chi connectivity index (χ0) is 25.8. The molecule has 3 saturated carbocycles. The molecule has 0 amide bonds. The van der Waals surface area contributed by atoms with Crippen molar-refractivity contribution >= 4 is 12.3 Å². The minimum Gasteiger partial charge on any atom is -0.481 e. The molecule has 4 bridgehead atoms. The Labute approximate surface area is 215 Å². The molecule has 0 spiro atoms. The fourth-order valence-corrected chi connectivity index (χ4v) is 10.5. The van der Waals surface area contributed by atoms with Crippen molar-refractivity contribution in [3.8, 4) is 0 Å². The summed E-state index contributed by atoms with van der Waals surface area (Å²) in [6.45, 7) is 14.1. The zero-order valence-electron chi connectivity index (χ0n) is 22.8. The Hall–Kier alpha value is -1.24. The van der Waals surface area contributed by atoms with Gasteiger partial charge in [-0.2, -0.15) is 0 Å². The number of aldehydes is 1. The molecule has 2 heterocycles. The Balaban J connectivity index is 1.39. The number of hydrogen-bond donors (Lipinski definition) is 1. The van der Waals surface area contributed by atoms with Gasteiger partial charge in [0.05, 0.1) is 30.8 Å². The lowest BCUT2D eigenvalue weighted by Crippen LogP contribution is -2.63. The SMILES string of the molecule is CC(C)C1=CC2CC3(C=O)[C@@H]4CC[C@@H](C)[C@H]4CC2(CO[C@H]2C[C@H]4[C@H](OCC4(C)C)[C@@H](C)O2)C13C(=O)O.